The summed E-state index contributed by atoms with van der Waals surface area (Å²) in [5.41, 5.74) is -0.408. The zero-order valence-corrected chi connectivity index (χ0v) is 13.5. The van der Waals surface area contributed by atoms with E-state index < -0.39 is 27.3 Å². The monoisotopic (exact) mass is 328 g/mol. The van der Waals surface area contributed by atoms with E-state index >= 15 is 0 Å². The molecule has 4 N–H and O–H groups in total. The Kier molecular flexibility index (Phi) is 5.31. The van der Waals surface area contributed by atoms with Crippen molar-refractivity contribution >= 4 is 27.6 Å². The Labute approximate surface area is 129 Å². The molecule has 1 aromatic carbocycles. The molecule has 0 heterocycles. The fraction of sp³-hybridized carbons (Fsp3) is 0.429. The number of nitrogens with two attached hydrogens (primary N) is 1. The molecule has 22 heavy (non-hydrogen) atoms. The number of sulfonamides is 1. The van der Waals surface area contributed by atoms with Crippen LogP contribution in [-0.4, -0.2) is 25.4 Å². The van der Waals surface area contributed by atoms with Crippen molar-refractivity contribution in [2.45, 2.75) is 38.5 Å². The predicted molar refractivity (Wildman–Crippen MR) is 81.9 cm³/mol. The topological polar surface area (TPSA) is 127 Å². The number of nitrogens with one attached hydrogen (secondary N) is 1. The van der Waals surface area contributed by atoms with Crippen LogP contribution in [0.15, 0.2) is 23.1 Å². The Morgan fingerprint density at radius 2 is 1.91 bits per heavy atom. The van der Waals surface area contributed by atoms with E-state index in [2.05, 4.69) is 5.32 Å². The van der Waals surface area contributed by atoms with Gasteiger partial charge < -0.3 is 10.4 Å². The molecule has 0 bridgehead atoms. The van der Waals surface area contributed by atoms with Crippen LogP contribution in [0, 0.1) is 5.41 Å². The number of rotatable bonds is 6. The van der Waals surface area contributed by atoms with Crippen molar-refractivity contribution in [1.29, 1.82) is 0 Å². The Morgan fingerprint density at radius 1 is 1.32 bits per heavy atom. The van der Waals surface area contributed by atoms with Crippen LogP contribution in [0.5, 0.6) is 0 Å². The highest BCUT2D eigenvalue weighted by molar-refractivity contribution is 7.89. The van der Waals surface area contributed by atoms with E-state index in [1.54, 1.807) is 19.1 Å². The summed E-state index contributed by atoms with van der Waals surface area (Å²) in [6, 6.07) is 4.40. The molecule has 0 aliphatic carbocycles. The minimum Gasteiger partial charge on any atom is -0.481 e. The molecule has 0 radical (unpaired) electrons. The van der Waals surface area contributed by atoms with Crippen LogP contribution in [0.3, 0.4) is 0 Å². The molecule has 8 heteroatoms. The standard InChI is InChI=1S/C14H20N2O5S/c1-4-9-5-6-10(7-11(9)22(15,20)21)16-12(17)8-14(2,3)13(18)19/h5-7H,4,8H2,1-3H3,(H,16,17)(H,18,19)(H2,15,20,21). The molecule has 0 saturated heterocycles. The molecule has 0 atom stereocenters. The average molecular weight is 328 g/mol. The molecule has 122 valence electrons. The van der Waals surface area contributed by atoms with E-state index in [9.17, 15) is 18.0 Å². The number of primary sulfonamides is 1. The summed E-state index contributed by atoms with van der Waals surface area (Å²) in [5.74, 6) is -1.61. The molecular weight excluding hydrogens is 308 g/mol. The van der Waals surface area contributed by atoms with Gasteiger partial charge in [-0.2, -0.15) is 0 Å². The van der Waals surface area contributed by atoms with Crippen LogP contribution < -0.4 is 10.5 Å². The lowest BCUT2D eigenvalue weighted by Crippen LogP contribution is -2.29. The van der Waals surface area contributed by atoms with Gasteiger partial charge in [-0.15, -0.1) is 0 Å². The van der Waals surface area contributed by atoms with Gasteiger partial charge in [-0.25, -0.2) is 13.6 Å². The molecule has 0 spiro atoms. The Balaban J connectivity index is 3.01. The molecule has 1 rings (SSSR count). The quantitative estimate of drug-likeness (QED) is 0.726. The number of carbonyl (C=O) groups is 2. The number of aryl methyl sites for hydroxylation is 1. The van der Waals surface area contributed by atoms with Crippen LogP contribution in [-0.2, 0) is 26.0 Å². The fourth-order valence-electron chi connectivity index (χ4n) is 1.87. The highest BCUT2D eigenvalue weighted by Gasteiger charge is 2.30. The average Bonchev–Trinajstić information content (AvgIpc) is 2.36. The van der Waals surface area contributed by atoms with E-state index in [4.69, 9.17) is 10.2 Å². The van der Waals surface area contributed by atoms with Gasteiger partial charge in [-0.3, -0.25) is 9.59 Å². The minimum absolute atomic E-state index is 0.0507. The molecule has 0 aliphatic heterocycles. The fourth-order valence-corrected chi connectivity index (χ4v) is 2.74. The molecule has 0 aromatic heterocycles. The maximum absolute atomic E-state index is 11.9. The number of aliphatic carboxylic acids is 1. The molecule has 0 aliphatic rings. The maximum Gasteiger partial charge on any atom is 0.309 e. The molecule has 0 saturated carbocycles. The van der Waals surface area contributed by atoms with Gasteiger partial charge >= 0.3 is 5.97 Å². The van der Waals surface area contributed by atoms with E-state index in [1.807, 2.05) is 0 Å². The predicted octanol–water partition coefficient (Wildman–Crippen LogP) is 1.34. The van der Waals surface area contributed by atoms with Gasteiger partial charge in [0.25, 0.3) is 0 Å². The zero-order valence-electron chi connectivity index (χ0n) is 12.7. The van der Waals surface area contributed by atoms with Crippen molar-refractivity contribution in [3.63, 3.8) is 0 Å². The first-order chi connectivity index (χ1) is 9.97. The highest BCUT2D eigenvalue weighted by Crippen LogP contribution is 2.23. The van der Waals surface area contributed by atoms with Crippen LogP contribution >= 0.6 is 0 Å². The van der Waals surface area contributed by atoms with E-state index in [0.29, 0.717) is 12.0 Å². The lowest BCUT2D eigenvalue weighted by atomic mass is 9.89. The van der Waals surface area contributed by atoms with Gasteiger partial charge in [0.1, 0.15) is 0 Å². The lowest BCUT2D eigenvalue weighted by molar-refractivity contribution is -0.148. The Bertz CT molecular complexity index is 695. The molecular formula is C14H20N2O5S. The summed E-state index contributed by atoms with van der Waals surface area (Å²) < 4.78 is 23.1. The number of anilines is 1. The largest absolute Gasteiger partial charge is 0.481 e. The van der Waals surface area contributed by atoms with Gasteiger partial charge in [0.05, 0.1) is 10.3 Å². The van der Waals surface area contributed by atoms with E-state index in [0.717, 1.165) is 0 Å². The van der Waals surface area contributed by atoms with Crippen LogP contribution in [0.4, 0.5) is 5.69 Å². The van der Waals surface area contributed by atoms with Crippen LogP contribution in [0.1, 0.15) is 32.8 Å². The van der Waals surface area contributed by atoms with Gasteiger partial charge in [-0.1, -0.05) is 13.0 Å². The second-order valence-electron chi connectivity index (χ2n) is 5.64. The van der Waals surface area contributed by atoms with Crippen LogP contribution in [0.25, 0.3) is 0 Å². The number of benzene rings is 1. The number of carbonyl (C=O) groups excluding carboxylic acids is 1. The smallest absolute Gasteiger partial charge is 0.309 e. The SMILES string of the molecule is CCc1ccc(NC(=O)CC(C)(C)C(=O)O)cc1S(N)(=O)=O. The number of hydrogen-bond donors (Lipinski definition) is 3. The van der Waals surface area contributed by atoms with Crippen LogP contribution in [0.2, 0.25) is 0 Å². The highest BCUT2D eigenvalue weighted by atomic mass is 32.2. The minimum atomic E-state index is -3.90. The van der Waals surface area contributed by atoms with E-state index in [-0.39, 0.29) is 17.0 Å². The lowest BCUT2D eigenvalue weighted by Gasteiger charge is -2.18. The molecule has 0 fully saturated rings. The summed E-state index contributed by atoms with van der Waals surface area (Å²) in [5, 5.41) is 16.7. The number of carboxylic acid groups (broad SMARTS) is 1. The van der Waals surface area contributed by atoms with Crippen molar-refractivity contribution in [2.75, 3.05) is 5.32 Å². The number of amides is 1. The van der Waals surface area contributed by atoms with Gasteiger partial charge in [0.2, 0.25) is 15.9 Å². The van der Waals surface area contributed by atoms with Crippen molar-refractivity contribution in [1.82, 2.24) is 0 Å². The Hall–Kier alpha value is -1.93. The Morgan fingerprint density at radius 3 is 2.36 bits per heavy atom. The third kappa shape index (κ3) is 4.54. The third-order valence-electron chi connectivity index (χ3n) is 3.22. The van der Waals surface area contributed by atoms with Crippen molar-refractivity contribution in [3.8, 4) is 0 Å². The van der Waals surface area contributed by atoms with Crippen molar-refractivity contribution in [2.24, 2.45) is 10.6 Å². The van der Waals surface area contributed by atoms with Gasteiger partial charge in [0.15, 0.2) is 0 Å². The number of hydrogen-bond acceptors (Lipinski definition) is 4. The molecule has 1 amide bonds. The summed E-state index contributed by atoms with van der Waals surface area (Å²) in [6.45, 7) is 4.66. The molecule has 7 nitrogen and oxygen atoms in total. The summed E-state index contributed by atoms with van der Waals surface area (Å²) >= 11 is 0. The first-order valence-corrected chi connectivity index (χ1v) is 8.21. The van der Waals surface area contributed by atoms with Crippen molar-refractivity contribution < 1.29 is 23.1 Å². The van der Waals surface area contributed by atoms with Crippen molar-refractivity contribution in [3.05, 3.63) is 23.8 Å². The zero-order chi connectivity index (χ0) is 17.1. The summed E-state index contributed by atoms with van der Waals surface area (Å²) in [4.78, 5) is 22.8. The summed E-state index contributed by atoms with van der Waals surface area (Å²) in [6.07, 6.45) is 0.245. The van der Waals surface area contributed by atoms with Gasteiger partial charge in [-0.05, 0) is 38.0 Å². The summed E-state index contributed by atoms with van der Waals surface area (Å²) in [7, 11) is -3.90. The molecule has 1 aromatic rings. The van der Waals surface area contributed by atoms with Gasteiger partial charge in [0, 0.05) is 12.1 Å². The second-order valence-corrected chi connectivity index (χ2v) is 7.16. The third-order valence-corrected chi connectivity index (χ3v) is 4.21. The molecule has 0 unspecified atom stereocenters. The van der Waals surface area contributed by atoms with E-state index in [1.165, 1.54) is 19.9 Å². The number of carboxylic acids is 1. The maximum atomic E-state index is 11.9. The first kappa shape index (κ1) is 18.1. The normalized spacial score (nSPS) is 12.0. The second kappa shape index (κ2) is 6.45. The first-order valence-electron chi connectivity index (χ1n) is 6.66.